The molecule has 174 valence electrons. The fourth-order valence-electron chi connectivity index (χ4n) is 6.12. The van der Waals surface area contributed by atoms with Gasteiger partial charge in [0.25, 0.3) is 0 Å². The van der Waals surface area contributed by atoms with E-state index < -0.39 is 29.0 Å². The van der Waals surface area contributed by atoms with Crippen LogP contribution < -0.4 is 0 Å². The van der Waals surface area contributed by atoms with Crippen LogP contribution in [-0.2, 0) is 20.3 Å². The minimum Gasteiger partial charge on any atom is -0.454 e. The van der Waals surface area contributed by atoms with Crippen molar-refractivity contribution in [2.45, 2.75) is 56.7 Å². The molecular weight excluding hydrogens is 424 g/mol. The molecule has 1 saturated carbocycles. The van der Waals surface area contributed by atoms with E-state index in [1.807, 2.05) is 48.5 Å². The van der Waals surface area contributed by atoms with E-state index in [2.05, 4.69) is 32.9 Å². The summed E-state index contributed by atoms with van der Waals surface area (Å²) >= 11 is 0. The Morgan fingerprint density at radius 2 is 1.18 bits per heavy atom. The predicted molar refractivity (Wildman–Crippen MR) is 131 cm³/mol. The first-order valence-corrected chi connectivity index (χ1v) is 12.0. The van der Waals surface area contributed by atoms with Crippen LogP contribution in [0, 0.1) is 5.92 Å². The van der Waals surface area contributed by atoms with E-state index in [9.17, 15) is 9.59 Å². The van der Waals surface area contributed by atoms with E-state index in [4.69, 9.17) is 9.47 Å². The quantitative estimate of drug-likeness (QED) is 0.437. The van der Waals surface area contributed by atoms with E-state index >= 15 is 0 Å². The largest absolute Gasteiger partial charge is 0.454 e. The molecule has 4 nitrogen and oxygen atoms in total. The monoisotopic (exact) mass is 454 g/mol. The molecule has 0 heterocycles. The molecular formula is C30H30O4. The van der Waals surface area contributed by atoms with Gasteiger partial charge in [0.2, 0.25) is 0 Å². The molecule has 4 atom stereocenters. The second-order valence-corrected chi connectivity index (χ2v) is 10.0. The zero-order valence-corrected chi connectivity index (χ0v) is 19.9. The summed E-state index contributed by atoms with van der Waals surface area (Å²) < 4.78 is 12.6. The molecule has 3 aromatic carbocycles. The van der Waals surface area contributed by atoms with Gasteiger partial charge in [0.15, 0.2) is 0 Å². The predicted octanol–water partition coefficient (Wildman–Crippen LogP) is 6.10. The molecule has 0 aliphatic heterocycles. The van der Waals surface area contributed by atoms with Crippen LogP contribution in [0.25, 0.3) is 0 Å². The lowest BCUT2D eigenvalue weighted by Gasteiger charge is -2.61. The van der Waals surface area contributed by atoms with Crippen LogP contribution in [0.2, 0.25) is 0 Å². The van der Waals surface area contributed by atoms with Crippen molar-refractivity contribution in [1.82, 2.24) is 0 Å². The number of ether oxygens (including phenoxy) is 2. The van der Waals surface area contributed by atoms with Crippen molar-refractivity contribution in [2.24, 2.45) is 5.92 Å². The molecule has 0 saturated heterocycles. The molecule has 0 spiro atoms. The summed E-state index contributed by atoms with van der Waals surface area (Å²) in [5, 5.41) is 0. The maximum absolute atomic E-state index is 13.3. The highest BCUT2D eigenvalue weighted by Gasteiger charge is 2.65. The molecule has 2 bridgehead atoms. The molecule has 1 fully saturated rings. The lowest BCUT2D eigenvalue weighted by Crippen LogP contribution is -2.68. The average Bonchev–Trinajstić information content (AvgIpc) is 2.87. The number of rotatable bonds is 5. The number of esters is 2. The van der Waals surface area contributed by atoms with Crippen molar-refractivity contribution in [3.63, 3.8) is 0 Å². The van der Waals surface area contributed by atoms with Crippen molar-refractivity contribution in [2.75, 3.05) is 0 Å². The lowest BCUT2D eigenvalue weighted by atomic mass is 9.46. The van der Waals surface area contributed by atoms with Gasteiger partial charge in [-0.2, -0.15) is 0 Å². The van der Waals surface area contributed by atoms with Crippen molar-refractivity contribution in [3.05, 3.63) is 107 Å². The first-order chi connectivity index (χ1) is 16.4. The molecule has 0 N–H and O–H groups in total. The summed E-state index contributed by atoms with van der Waals surface area (Å²) in [4.78, 5) is 26.6. The number of benzene rings is 3. The Bertz CT molecular complexity index is 1200. The van der Waals surface area contributed by atoms with Crippen LogP contribution in [0.3, 0.4) is 0 Å². The third-order valence-electron chi connectivity index (χ3n) is 8.03. The lowest BCUT2D eigenvalue weighted by molar-refractivity contribution is -0.137. The molecule has 3 aliphatic rings. The van der Waals surface area contributed by atoms with E-state index in [1.165, 1.54) is 11.1 Å². The van der Waals surface area contributed by atoms with Crippen LogP contribution in [0.5, 0.6) is 0 Å². The minimum atomic E-state index is -0.598. The Hall–Kier alpha value is -3.40. The normalized spacial score (nSPS) is 27.2. The maximum Gasteiger partial charge on any atom is 0.338 e. The SMILES string of the molecule is CC(C)[C@@]12CC[C@@](C)(c3ccccc31)[C@H](OC(=O)c1ccccc1)[C@@H]2OC(=O)c1ccccc1. The molecule has 0 radical (unpaired) electrons. The first kappa shape index (κ1) is 22.4. The van der Waals surface area contributed by atoms with Crippen LogP contribution in [0.1, 0.15) is 65.5 Å². The van der Waals surface area contributed by atoms with Crippen molar-refractivity contribution >= 4 is 11.9 Å². The van der Waals surface area contributed by atoms with Crippen molar-refractivity contribution in [3.8, 4) is 0 Å². The highest BCUT2D eigenvalue weighted by atomic mass is 16.6. The fourth-order valence-corrected chi connectivity index (χ4v) is 6.12. The number of carbonyl (C=O) groups excluding carboxylic acids is 2. The number of fused-ring (bicyclic) bond motifs is 2. The van der Waals surface area contributed by atoms with E-state index in [1.54, 1.807) is 24.3 Å². The summed E-state index contributed by atoms with van der Waals surface area (Å²) in [5.41, 5.74) is 2.48. The molecule has 0 unspecified atom stereocenters. The van der Waals surface area contributed by atoms with Crippen molar-refractivity contribution in [1.29, 1.82) is 0 Å². The van der Waals surface area contributed by atoms with Gasteiger partial charge < -0.3 is 9.47 Å². The molecule has 34 heavy (non-hydrogen) atoms. The Morgan fingerprint density at radius 3 is 1.71 bits per heavy atom. The third kappa shape index (κ3) is 3.35. The number of hydrogen-bond donors (Lipinski definition) is 0. The Balaban J connectivity index is 1.63. The first-order valence-electron chi connectivity index (χ1n) is 12.0. The smallest absolute Gasteiger partial charge is 0.338 e. The topological polar surface area (TPSA) is 52.6 Å². The molecule has 0 aromatic heterocycles. The zero-order valence-electron chi connectivity index (χ0n) is 19.9. The maximum atomic E-state index is 13.3. The highest BCUT2D eigenvalue weighted by molar-refractivity contribution is 5.90. The summed E-state index contributed by atoms with van der Waals surface area (Å²) in [6.45, 7) is 6.48. The van der Waals surface area contributed by atoms with Gasteiger partial charge in [0.05, 0.1) is 11.1 Å². The van der Waals surface area contributed by atoms with E-state index in [-0.39, 0.29) is 11.9 Å². The van der Waals surface area contributed by atoms with Crippen LogP contribution >= 0.6 is 0 Å². The molecule has 3 aliphatic carbocycles. The third-order valence-corrected chi connectivity index (χ3v) is 8.03. The minimum absolute atomic E-state index is 0.171. The van der Waals surface area contributed by atoms with Crippen LogP contribution in [-0.4, -0.2) is 24.1 Å². The summed E-state index contributed by atoms with van der Waals surface area (Å²) in [7, 11) is 0. The molecule has 4 heteroatoms. The summed E-state index contributed by atoms with van der Waals surface area (Å²) in [6.07, 6.45) is 0.527. The van der Waals surface area contributed by atoms with Gasteiger partial charge in [-0.15, -0.1) is 0 Å². The highest BCUT2D eigenvalue weighted by Crippen LogP contribution is 2.61. The summed E-state index contributed by atoms with van der Waals surface area (Å²) in [5.74, 6) is -0.610. The van der Waals surface area contributed by atoms with Gasteiger partial charge in [-0.1, -0.05) is 81.4 Å². The van der Waals surface area contributed by atoms with Crippen LogP contribution in [0.4, 0.5) is 0 Å². The van der Waals surface area contributed by atoms with E-state index in [0.29, 0.717) is 11.1 Å². The van der Waals surface area contributed by atoms with Gasteiger partial charge in [-0.05, 0) is 54.2 Å². The Kier molecular flexibility index (Phi) is 5.55. The van der Waals surface area contributed by atoms with Gasteiger partial charge >= 0.3 is 11.9 Å². The van der Waals surface area contributed by atoms with Gasteiger partial charge in [-0.3, -0.25) is 0 Å². The molecule has 3 aromatic rings. The second-order valence-electron chi connectivity index (χ2n) is 10.0. The number of carbonyl (C=O) groups is 2. The van der Waals surface area contributed by atoms with Gasteiger partial charge in [0, 0.05) is 10.8 Å². The van der Waals surface area contributed by atoms with Crippen molar-refractivity contribution < 1.29 is 19.1 Å². The van der Waals surface area contributed by atoms with Gasteiger partial charge in [0.1, 0.15) is 12.2 Å². The Morgan fingerprint density at radius 1 is 0.706 bits per heavy atom. The molecule has 6 rings (SSSR count). The van der Waals surface area contributed by atoms with E-state index in [0.717, 1.165) is 12.8 Å². The van der Waals surface area contributed by atoms with Gasteiger partial charge in [-0.25, -0.2) is 9.59 Å². The van der Waals surface area contributed by atoms with Crippen LogP contribution in [0.15, 0.2) is 84.9 Å². The standard InChI is InChI=1S/C30H30O4/c1-20(2)30-19-18-29(3,23-16-10-11-17-24(23)30)25(33-27(31)21-12-6-4-7-13-21)26(30)34-28(32)22-14-8-5-9-15-22/h4-17,20,25-26H,18-19H2,1-3H3/t25-,26+,29+,30+/m1/s1. The Labute approximate surface area is 200 Å². The zero-order chi connectivity index (χ0) is 23.9. The second kappa shape index (κ2) is 8.43. The molecule has 0 amide bonds. The fraction of sp³-hybridized carbons (Fsp3) is 0.333. The number of hydrogen-bond acceptors (Lipinski definition) is 4. The average molecular weight is 455 g/mol. The summed E-state index contributed by atoms with van der Waals surface area (Å²) in [6, 6.07) is 26.4.